The van der Waals surface area contributed by atoms with E-state index in [-0.39, 0.29) is 24.1 Å². The number of nitrogens with zero attached hydrogens (tertiary/aromatic N) is 6. The molecule has 208 valence electrons. The van der Waals surface area contributed by atoms with E-state index >= 15 is 0 Å². The molecule has 10 nitrogen and oxygen atoms in total. The number of anilines is 1. The number of carboxylic acids is 1. The lowest BCUT2D eigenvalue weighted by atomic mass is 10.0. The zero-order chi connectivity index (χ0) is 28.3. The fraction of sp³-hybridized carbons (Fsp3) is 0.300. The minimum absolute atomic E-state index is 0.0115. The summed E-state index contributed by atoms with van der Waals surface area (Å²) in [5.74, 6) is 0.385. The highest BCUT2D eigenvalue weighted by Gasteiger charge is 2.23. The smallest absolute Gasteiger partial charge is 0.354 e. The monoisotopic (exact) mass is 554 g/mol. The highest BCUT2D eigenvalue weighted by atomic mass is 19.1. The van der Waals surface area contributed by atoms with E-state index in [1.54, 1.807) is 24.3 Å². The number of halogens is 1. The third-order valence-electron chi connectivity index (χ3n) is 7.33. The Kier molecular flexibility index (Phi) is 7.31. The van der Waals surface area contributed by atoms with Crippen molar-refractivity contribution in [1.82, 2.24) is 19.5 Å². The lowest BCUT2D eigenvalue weighted by Gasteiger charge is -2.30. The number of hydrogen-bond acceptors (Lipinski definition) is 7. The second-order valence-electron chi connectivity index (χ2n) is 10.0. The maximum Gasteiger partial charge on any atom is 0.354 e. The number of carboxylic acid groups (broad SMARTS) is 1. The lowest BCUT2D eigenvalue weighted by Crippen LogP contribution is -2.32. The van der Waals surface area contributed by atoms with E-state index in [0.29, 0.717) is 29.2 Å². The van der Waals surface area contributed by atoms with Crippen LogP contribution in [-0.4, -0.2) is 56.4 Å². The van der Waals surface area contributed by atoms with Gasteiger partial charge in [-0.2, -0.15) is 4.98 Å². The molecule has 41 heavy (non-hydrogen) atoms. The van der Waals surface area contributed by atoms with Crippen LogP contribution < -0.4 is 9.64 Å². The zero-order valence-electron chi connectivity index (χ0n) is 22.2. The summed E-state index contributed by atoms with van der Waals surface area (Å²) < 4.78 is 27.6. The van der Waals surface area contributed by atoms with Gasteiger partial charge in [0, 0.05) is 31.3 Å². The molecule has 4 aromatic rings. The first kappa shape index (κ1) is 26.4. The molecule has 0 unspecified atom stereocenters. The molecule has 5 heterocycles. The molecule has 6 rings (SSSR count). The molecule has 0 spiro atoms. The molecule has 2 saturated heterocycles. The second kappa shape index (κ2) is 11.3. The number of imidazole rings is 1. The first-order valence-corrected chi connectivity index (χ1v) is 13.4. The Morgan fingerprint density at radius 1 is 1.17 bits per heavy atom. The average Bonchev–Trinajstić information content (AvgIpc) is 3.30. The fourth-order valence-electron chi connectivity index (χ4n) is 4.95. The summed E-state index contributed by atoms with van der Waals surface area (Å²) in [6.07, 6.45) is 4.71. The normalized spacial score (nSPS) is 16.7. The van der Waals surface area contributed by atoms with E-state index in [1.165, 1.54) is 17.7 Å². The first-order valence-electron chi connectivity index (χ1n) is 13.4. The lowest BCUT2D eigenvalue weighted by molar-refractivity contribution is -0.0588. The van der Waals surface area contributed by atoms with Crippen LogP contribution in [0.15, 0.2) is 54.1 Å². The molecule has 1 aromatic carbocycles. The summed E-state index contributed by atoms with van der Waals surface area (Å²) >= 11 is 0. The van der Waals surface area contributed by atoms with E-state index in [9.17, 15) is 14.3 Å². The summed E-state index contributed by atoms with van der Waals surface area (Å²) in [5, 5.41) is 9.42. The minimum atomic E-state index is -1.07. The van der Waals surface area contributed by atoms with Crippen LogP contribution in [0.25, 0.3) is 22.1 Å². The molecule has 0 saturated carbocycles. The van der Waals surface area contributed by atoms with Crippen LogP contribution in [0.3, 0.4) is 0 Å². The van der Waals surface area contributed by atoms with Gasteiger partial charge in [0.15, 0.2) is 17.0 Å². The van der Waals surface area contributed by atoms with Gasteiger partial charge in [-0.3, -0.25) is 0 Å². The van der Waals surface area contributed by atoms with Gasteiger partial charge in [-0.25, -0.2) is 24.0 Å². The molecule has 2 aliphatic heterocycles. The first-order chi connectivity index (χ1) is 20.0. The molecular weight excluding hydrogens is 527 g/mol. The Bertz CT molecular complexity index is 1680. The Hall–Kier alpha value is -4.82. The zero-order valence-corrected chi connectivity index (χ0v) is 22.2. The van der Waals surface area contributed by atoms with Gasteiger partial charge in [0.05, 0.1) is 19.2 Å². The van der Waals surface area contributed by atoms with Gasteiger partial charge >= 0.3 is 5.97 Å². The molecule has 1 atom stereocenters. The quantitative estimate of drug-likeness (QED) is 0.294. The predicted molar refractivity (Wildman–Crippen MR) is 149 cm³/mol. The van der Waals surface area contributed by atoms with Crippen molar-refractivity contribution < 1.29 is 23.8 Å². The van der Waals surface area contributed by atoms with Crippen LogP contribution in [0.2, 0.25) is 0 Å². The number of fused-ring (bicyclic) bond motifs is 1. The Labute approximate surface area is 235 Å². The Balaban J connectivity index is 1.14. The van der Waals surface area contributed by atoms with Crippen LogP contribution >= 0.6 is 0 Å². The topological polar surface area (TPSA) is 107 Å². The molecule has 3 aromatic heterocycles. The van der Waals surface area contributed by atoms with Gasteiger partial charge in [0.2, 0.25) is 5.88 Å². The highest BCUT2D eigenvalue weighted by molar-refractivity contribution is 5.88. The summed E-state index contributed by atoms with van der Waals surface area (Å²) in [6.45, 7) is 9.82. The van der Waals surface area contributed by atoms with Crippen molar-refractivity contribution in [3.05, 3.63) is 88.4 Å². The number of carbonyl (C=O) groups is 1. The number of pyridine rings is 2. The third kappa shape index (κ3) is 5.73. The van der Waals surface area contributed by atoms with Crippen molar-refractivity contribution in [3.8, 4) is 5.88 Å². The molecule has 0 amide bonds. The number of benzene rings is 1. The van der Waals surface area contributed by atoms with Crippen molar-refractivity contribution in [3.63, 3.8) is 0 Å². The maximum atomic E-state index is 14.2. The molecule has 0 radical (unpaired) electrons. The van der Waals surface area contributed by atoms with Gasteiger partial charge in [-0.1, -0.05) is 23.8 Å². The van der Waals surface area contributed by atoms with E-state index in [4.69, 9.17) is 21.0 Å². The molecule has 2 fully saturated rings. The summed E-state index contributed by atoms with van der Waals surface area (Å²) in [7, 11) is 0. The van der Waals surface area contributed by atoms with Crippen LogP contribution in [0, 0.1) is 12.4 Å². The largest absolute Gasteiger partial charge is 0.477 e. The van der Waals surface area contributed by atoms with Crippen molar-refractivity contribution in [2.45, 2.75) is 38.5 Å². The van der Waals surface area contributed by atoms with Gasteiger partial charge in [0.1, 0.15) is 29.6 Å². The molecule has 1 N–H and O–H groups in total. The fourth-order valence-corrected chi connectivity index (χ4v) is 4.95. The van der Waals surface area contributed by atoms with Gasteiger partial charge in [-0.05, 0) is 49.6 Å². The molecule has 0 aliphatic carbocycles. The number of aromatic nitrogens is 4. The van der Waals surface area contributed by atoms with Crippen LogP contribution in [0.4, 0.5) is 15.9 Å². The molecular formula is C30H27FN6O4. The minimum Gasteiger partial charge on any atom is -0.477 e. The van der Waals surface area contributed by atoms with Crippen LogP contribution in [-0.2, 0) is 17.9 Å². The third-order valence-corrected chi connectivity index (χ3v) is 7.33. The van der Waals surface area contributed by atoms with Crippen molar-refractivity contribution in [1.29, 1.82) is 0 Å². The van der Waals surface area contributed by atoms with Crippen LogP contribution in [0.5, 0.6) is 5.88 Å². The van der Waals surface area contributed by atoms with Crippen molar-refractivity contribution >= 4 is 34.7 Å². The Morgan fingerprint density at radius 3 is 2.71 bits per heavy atom. The van der Waals surface area contributed by atoms with Gasteiger partial charge < -0.3 is 24.0 Å². The standard InChI is InChI=1S/C30H27FN6O4/c1-32-21-6-5-20(23(31)16-21)18-41-28-4-2-3-26(35-28)36-12-9-19(10-13-36)15-27-33-24-7-8-25(30(38)39)34-29(24)37(27)17-22-11-14-40-22/h2-8,15-16,22H,9-14,17-18H2,(H,38,39)/t22-/m0/s1. The van der Waals surface area contributed by atoms with Gasteiger partial charge in [-0.15, -0.1) is 0 Å². The van der Waals surface area contributed by atoms with E-state index in [2.05, 4.69) is 25.8 Å². The number of aromatic carboxylic acids is 1. The molecule has 0 bridgehead atoms. The maximum absolute atomic E-state index is 14.2. The van der Waals surface area contributed by atoms with Crippen molar-refractivity contribution in [2.24, 2.45) is 0 Å². The van der Waals surface area contributed by atoms with E-state index < -0.39 is 11.8 Å². The average molecular weight is 555 g/mol. The summed E-state index contributed by atoms with van der Waals surface area (Å²) in [5.41, 5.74) is 3.04. The molecule has 2 aliphatic rings. The SMILES string of the molecule is [C-]#[N+]c1ccc(COc2cccc(N3CCC(=Cc4nc5ccc(C(=O)O)nc5n4C[C@@H]4CCO4)CC3)n2)c(F)c1. The number of ether oxygens (including phenoxy) is 2. The number of rotatable bonds is 8. The van der Waals surface area contributed by atoms with E-state index in [0.717, 1.165) is 50.6 Å². The molecule has 11 heteroatoms. The predicted octanol–water partition coefficient (Wildman–Crippen LogP) is 5.27. The summed E-state index contributed by atoms with van der Waals surface area (Å²) in [6, 6.07) is 13.0. The van der Waals surface area contributed by atoms with Gasteiger partial charge in [0.25, 0.3) is 0 Å². The Morgan fingerprint density at radius 2 is 2.00 bits per heavy atom. The van der Waals surface area contributed by atoms with Crippen molar-refractivity contribution in [2.75, 3.05) is 24.6 Å². The van der Waals surface area contributed by atoms with Crippen LogP contribution in [0.1, 0.15) is 41.1 Å². The van der Waals surface area contributed by atoms with E-state index in [1.807, 2.05) is 16.7 Å². The number of hydrogen-bond donors (Lipinski definition) is 1. The second-order valence-corrected chi connectivity index (χ2v) is 10.0. The number of piperidine rings is 1. The highest BCUT2D eigenvalue weighted by Crippen LogP contribution is 2.27. The summed E-state index contributed by atoms with van der Waals surface area (Å²) in [4.78, 5) is 30.7.